The monoisotopic (exact) mass is 190 g/mol. The van der Waals surface area contributed by atoms with E-state index in [0.29, 0.717) is 6.54 Å². The molecule has 0 amide bonds. The van der Waals surface area contributed by atoms with Gasteiger partial charge in [-0.05, 0) is 24.6 Å². The third-order valence-corrected chi connectivity index (χ3v) is 2.09. The normalized spacial score (nSPS) is 9.64. The number of hydrogen-bond acceptors (Lipinski definition) is 1. The molecule has 0 aliphatic carbocycles. The third-order valence-electron chi connectivity index (χ3n) is 2.09. The maximum Gasteiger partial charge on any atom is 0.0456 e. The summed E-state index contributed by atoms with van der Waals surface area (Å²) in [5.41, 5.74) is 8.01. The molecule has 2 rings (SSSR count). The van der Waals surface area contributed by atoms with Crippen molar-refractivity contribution in [2.24, 2.45) is 5.73 Å². The lowest BCUT2D eigenvalue weighted by atomic mass is 10.1. The summed E-state index contributed by atoms with van der Waals surface area (Å²) in [6.45, 7) is 4.71. The molecule has 0 bridgehead atoms. The van der Waals surface area contributed by atoms with Crippen molar-refractivity contribution in [1.82, 2.24) is 4.98 Å². The Bertz CT molecular complexity index is 376. The molecule has 0 aliphatic heterocycles. The molecule has 0 fully saturated rings. The first kappa shape index (κ1) is 10.8. The molecule has 0 saturated carbocycles. The Labute approximate surface area is 85.1 Å². The van der Waals surface area contributed by atoms with Crippen molar-refractivity contribution in [2.45, 2.75) is 20.3 Å². The highest BCUT2D eigenvalue weighted by Crippen LogP contribution is 2.17. The predicted octanol–water partition coefficient (Wildman–Crippen LogP) is 2.70. The van der Waals surface area contributed by atoms with Crippen LogP contribution in [0.4, 0.5) is 0 Å². The number of para-hydroxylation sites is 1. The van der Waals surface area contributed by atoms with Gasteiger partial charge in [-0.25, -0.2) is 0 Å². The van der Waals surface area contributed by atoms with Crippen LogP contribution in [0.5, 0.6) is 0 Å². The van der Waals surface area contributed by atoms with Gasteiger partial charge in [-0.2, -0.15) is 0 Å². The zero-order valence-electron chi connectivity index (χ0n) is 8.88. The SMILES string of the molecule is CC.NCCc1c[nH]c2ccccc12. The molecule has 2 aromatic rings. The van der Waals surface area contributed by atoms with Gasteiger partial charge in [0.25, 0.3) is 0 Å². The van der Waals surface area contributed by atoms with E-state index in [2.05, 4.69) is 23.2 Å². The van der Waals surface area contributed by atoms with E-state index in [9.17, 15) is 0 Å². The Kier molecular flexibility index (Phi) is 4.20. The van der Waals surface area contributed by atoms with Crippen LogP contribution in [-0.4, -0.2) is 11.5 Å². The van der Waals surface area contributed by atoms with Crippen LogP contribution in [0.3, 0.4) is 0 Å². The summed E-state index contributed by atoms with van der Waals surface area (Å²) in [4.78, 5) is 3.22. The van der Waals surface area contributed by atoms with E-state index < -0.39 is 0 Å². The van der Waals surface area contributed by atoms with Crippen molar-refractivity contribution < 1.29 is 0 Å². The van der Waals surface area contributed by atoms with Crippen molar-refractivity contribution >= 4 is 10.9 Å². The summed E-state index contributed by atoms with van der Waals surface area (Å²) in [7, 11) is 0. The van der Waals surface area contributed by atoms with Crippen LogP contribution in [-0.2, 0) is 6.42 Å². The van der Waals surface area contributed by atoms with Crippen molar-refractivity contribution in [2.75, 3.05) is 6.54 Å². The molecule has 76 valence electrons. The van der Waals surface area contributed by atoms with Crippen LogP contribution >= 0.6 is 0 Å². The lowest BCUT2D eigenvalue weighted by Gasteiger charge is -1.93. The molecular formula is C12H18N2. The lowest BCUT2D eigenvalue weighted by molar-refractivity contribution is 0.976. The van der Waals surface area contributed by atoms with E-state index in [-0.39, 0.29) is 0 Å². The van der Waals surface area contributed by atoms with Gasteiger partial charge < -0.3 is 10.7 Å². The van der Waals surface area contributed by atoms with E-state index in [1.54, 1.807) is 0 Å². The number of hydrogen-bond donors (Lipinski definition) is 2. The first-order valence-electron chi connectivity index (χ1n) is 5.17. The van der Waals surface area contributed by atoms with Gasteiger partial charge in [0.2, 0.25) is 0 Å². The summed E-state index contributed by atoms with van der Waals surface area (Å²) in [6, 6.07) is 8.29. The smallest absolute Gasteiger partial charge is 0.0456 e. The van der Waals surface area contributed by atoms with Crippen molar-refractivity contribution in [3.63, 3.8) is 0 Å². The minimum atomic E-state index is 0.710. The molecule has 0 saturated heterocycles. The van der Waals surface area contributed by atoms with Crippen molar-refractivity contribution in [1.29, 1.82) is 0 Å². The minimum Gasteiger partial charge on any atom is -0.361 e. The Balaban J connectivity index is 0.000000461. The second kappa shape index (κ2) is 5.45. The van der Waals surface area contributed by atoms with Gasteiger partial charge >= 0.3 is 0 Å². The highest BCUT2D eigenvalue weighted by atomic mass is 14.7. The molecule has 3 N–H and O–H groups in total. The summed E-state index contributed by atoms with van der Waals surface area (Å²) < 4.78 is 0. The van der Waals surface area contributed by atoms with Crippen LogP contribution in [0.2, 0.25) is 0 Å². The molecule has 1 aromatic heterocycles. The van der Waals surface area contributed by atoms with Gasteiger partial charge in [-0.3, -0.25) is 0 Å². The number of aromatic amines is 1. The summed E-state index contributed by atoms with van der Waals surface area (Å²) in [5, 5.41) is 1.29. The minimum absolute atomic E-state index is 0.710. The lowest BCUT2D eigenvalue weighted by Crippen LogP contribution is -2.01. The van der Waals surface area contributed by atoms with E-state index >= 15 is 0 Å². The molecule has 1 aromatic carbocycles. The summed E-state index contributed by atoms with van der Waals surface area (Å²) in [5.74, 6) is 0. The molecule has 0 radical (unpaired) electrons. The van der Waals surface area contributed by atoms with Gasteiger partial charge in [0, 0.05) is 17.1 Å². The van der Waals surface area contributed by atoms with Crippen LogP contribution in [0, 0.1) is 0 Å². The van der Waals surface area contributed by atoms with Crippen LogP contribution in [0.25, 0.3) is 10.9 Å². The molecule has 1 heterocycles. The highest BCUT2D eigenvalue weighted by Gasteiger charge is 1.99. The topological polar surface area (TPSA) is 41.8 Å². The van der Waals surface area contributed by atoms with Gasteiger partial charge in [-0.15, -0.1) is 0 Å². The zero-order valence-corrected chi connectivity index (χ0v) is 8.88. The Morgan fingerprint density at radius 2 is 1.93 bits per heavy atom. The first-order valence-corrected chi connectivity index (χ1v) is 5.17. The number of nitrogens with two attached hydrogens (primary N) is 1. The molecule has 2 heteroatoms. The maximum atomic E-state index is 5.50. The van der Waals surface area contributed by atoms with Crippen LogP contribution in [0.1, 0.15) is 19.4 Å². The maximum absolute atomic E-state index is 5.50. The molecular weight excluding hydrogens is 172 g/mol. The number of rotatable bonds is 2. The average molecular weight is 190 g/mol. The fourth-order valence-corrected chi connectivity index (χ4v) is 1.49. The van der Waals surface area contributed by atoms with E-state index in [1.807, 2.05) is 26.1 Å². The average Bonchev–Trinajstić information content (AvgIpc) is 2.66. The van der Waals surface area contributed by atoms with E-state index in [4.69, 9.17) is 5.73 Å². The second-order valence-electron chi connectivity index (χ2n) is 2.90. The second-order valence-corrected chi connectivity index (χ2v) is 2.90. The van der Waals surface area contributed by atoms with Crippen LogP contribution < -0.4 is 5.73 Å². The number of fused-ring (bicyclic) bond motifs is 1. The fraction of sp³-hybridized carbons (Fsp3) is 0.333. The van der Waals surface area contributed by atoms with Crippen LogP contribution in [0.15, 0.2) is 30.5 Å². The zero-order chi connectivity index (χ0) is 10.4. The van der Waals surface area contributed by atoms with Gasteiger partial charge in [-0.1, -0.05) is 32.0 Å². The number of nitrogens with one attached hydrogen (secondary N) is 1. The Hall–Kier alpha value is -1.28. The molecule has 0 spiro atoms. The standard InChI is InChI=1S/C10H12N2.C2H6/c11-6-5-8-7-12-10-4-2-1-3-9(8)10;1-2/h1-4,7,12H,5-6,11H2;1-2H3. The summed E-state index contributed by atoms with van der Waals surface area (Å²) >= 11 is 0. The third kappa shape index (κ3) is 2.15. The summed E-state index contributed by atoms with van der Waals surface area (Å²) in [6.07, 6.45) is 2.99. The number of benzene rings is 1. The van der Waals surface area contributed by atoms with Crippen molar-refractivity contribution in [3.8, 4) is 0 Å². The van der Waals surface area contributed by atoms with Gasteiger partial charge in [0.1, 0.15) is 0 Å². The van der Waals surface area contributed by atoms with E-state index in [0.717, 1.165) is 6.42 Å². The molecule has 0 atom stereocenters. The molecule has 14 heavy (non-hydrogen) atoms. The number of H-pyrrole nitrogens is 1. The Morgan fingerprint density at radius 1 is 1.21 bits per heavy atom. The first-order chi connectivity index (χ1) is 6.92. The molecule has 0 aliphatic rings. The number of aromatic nitrogens is 1. The predicted molar refractivity (Wildman–Crippen MR) is 62.4 cm³/mol. The van der Waals surface area contributed by atoms with Crippen molar-refractivity contribution in [3.05, 3.63) is 36.0 Å². The highest BCUT2D eigenvalue weighted by molar-refractivity contribution is 5.82. The van der Waals surface area contributed by atoms with Gasteiger partial charge in [0.15, 0.2) is 0 Å². The largest absolute Gasteiger partial charge is 0.361 e. The molecule has 0 unspecified atom stereocenters. The quantitative estimate of drug-likeness (QED) is 0.751. The van der Waals surface area contributed by atoms with E-state index in [1.165, 1.54) is 16.5 Å². The Morgan fingerprint density at radius 3 is 2.64 bits per heavy atom. The fourth-order valence-electron chi connectivity index (χ4n) is 1.49. The van der Waals surface area contributed by atoms with Gasteiger partial charge in [0.05, 0.1) is 0 Å². The molecule has 2 nitrogen and oxygen atoms in total.